The van der Waals surface area contributed by atoms with E-state index < -0.39 is 5.97 Å². The number of carboxylic acids is 1. The Labute approximate surface area is 137 Å². The number of allylic oxidation sites excluding steroid dienone is 1. The number of esters is 2. The molecule has 0 fully saturated rings. The van der Waals surface area contributed by atoms with Gasteiger partial charge in [-0.25, -0.2) is 4.79 Å². The van der Waals surface area contributed by atoms with Gasteiger partial charge in [0.1, 0.15) is 0 Å². The summed E-state index contributed by atoms with van der Waals surface area (Å²) < 4.78 is 9.99. The first-order chi connectivity index (χ1) is 10.6. The topological polar surface area (TPSA) is 125 Å². The van der Waals surface area contributed by atoms with E-state index in [0.29, 0.717) is 26.1 Å². The van der Waals surface area contributed by atoms with E-state index in [4.69, 9.17) is 14.6 Å². The molecule has 4 N–H and O–H groups in total. The molecule has 0 unspecified atom stereocenters. The van der Waals surface area contributed by atoms with Gasteiger partial charge in [0.05, 0.1) is 13.2 Å². The largest absolute Gasteiger partial charge is 0.481 e. The van der Waals surface area contributed by atoms with Crippen LogP contribution in [-0.4, -0.2) is 36.2 Å². The third kappa shape index (κ3) is 18.1. The molecule has 0 rings (SSSR count). The van der Waals surface area contributed by atoms with Gasteiger partial charge in [-0.05, 0) is 45.4 Å². The number of hydrogen-bond donors (Lipinski definition) is 2. The maximum atomic E-state index is 11.3. The maximum absolute atomic E-state index is 11.3. The third-order valence-corrected chi connectivity index (χ3v) is 2.87. The molecular formula is C16H29NO6. The van der Waals surface area contributed by atoms with Crippen LogP contribution in [0.3, 0.4) is 0 Å². The van der Waals surface area contributed by atoms with Crippen LogP contribution in [0.25, 0.3) is 0 Å². The highest BCUT2D eigenvalue weighted by molar-refractivity contribution is 5.81. The van der Waals surface area contributed by atoms with Crippen LogP contribution in [0.4, 0.5) is 0 Å². The highest BCUT2D eigenvalue weighted by Crippen LogP contribution is 2.04. The monoisotopic (exact) mass is 331 g/mol. The lowest BCUT2D eigenvalue weighted by molar-refractivity contribution is -0.144. The molecule has 0 aromatic rings. The molecule has 23 heavy (non-hydrogen) atoms. The molecule has 0 saturated carbocycles. The quantitative estimate of drug-likeness (QED) is 0.302. The Morgan fingerprint density at radius 3 is 2.00 bits per heavy atom. The van der Waals surface area contributed by atoms with Gasteiger partial charge in [0.2, 0.25) is 0 Å². The minimum absolute atomic E-state index is 0. The molecule has 7 nitrogen and oxygen atoms in total. The SMILES string of the molecule is CC=CC(=O)OCCCCCCOC(=O)CCCCC(=O)O.N. The van der Waals surface area contributed by atoms with Gasteiger partial charge in [0.15, 0.2) is 0 Å². The molecule has 0 spiro atoms. The molecule has 0 atom stereocenters. The van der Waals surface area contributed by atoms with Gasteiger partial charge in [-0.2, -0.15) is 0 Å². The smallest absolute Gasteiger partial charge is 0.330 e. The van der Waals surface area contributed by atoms with Crippen LogP contribution >= 0.6 is 0 Å². The number of carboxylic acid groups (broad SMARTS) is 1. The summed E-state index contributed by atoms with van der Waals surface area (Å²) in [7, 11) is 0. The highest BCUT2D eigenvalue weighted by Gasteiger charge is 2.04. The van der Waals surface area contributed by atoms with Crippen LogP contribution in [0, 0.1) is 0 Å². The second kappa shape index (κ2) is 16.5. The molecule has 0 aliphatic heterocycles. The summed E-state index contributed by atoms with van der Waals surface area (Å²) >= 11 is 0. The van der Waals surface area contributed by atoms with Crippen LogP contribution in [-0.2, 0) is 23.9 Å². The molecule has 0 aromatic carbocycles. The summed E-state index contributed by atoms with van der Waals surface area (Å²) in [5, 5.41) is 8.45. The summed E-state index contributed by atoms with van der Waals surface area (Å²) in [6, 6.07) is 0. The van der Waals surface area contributed by atoms with Gasteiger partial charge in [0.25, 0.3) is 0 Å². The molecule has 0 aliphatic rings. The fourth-order valence-corrected chi connectivity index (χ4v) is 1.72. The standard InChI is InChI=1S/C16H26O6.H3N/c1-2-9-15(19)21-12-7-3-4-8-13-22-16(20)11-6-5-10-14(17)18;/h2,9H,3-8,10-13H2,1H3,(H,17,18);1H3. The summed E-state index contributed by atoms with van der Waals surface area (Å²) in [6.07, 6.45) is 7.83. The van der Waals surface area contributed by atoms with E-state index in [0.717, 1.165) is 25.7 Å². The van der Waals surface area contributed by atoms with Gasteiger partial charge in [-0.1, -0.05) is 6.08 Å². The molecule has 0 heterocycles. The Bertz CT molecular complexity index is 368. The Morgan fingerprint density at radius 1 is 0.870 bits per heavy atom. The first-order valence-corrected chi connectivity index (χ1v) is 7.73. The Balaban J connectivity index is 0. The molecule has 0 aromatic heterocycles. The van der Waals surface area contributed by atoms with Crippen LogP contribution in [0.15, 0.2) is 12.2 Å². The second-order valence-corrected chi connectivity index (χ2v) is 4.90. The predicted octanol–water partition coefficient (Wildman–Crippen LogP) is 3.02. The fraction of sp³-hybridized carbons (Fsp3) is 0.688. The van der Waals surface area contributed by atoms with Crippen LogP contribution < -0.4 is 6.15 Å². The lowest BCUT2D eigenvalue weighted by atomic mass is 10.2. The van der Waals surface area contributed by atoms with Gasteiger partial charge in [-0.3, -0.25) is 9.59 Å². The van der Waals surface area contributed by atoms with E-state index in [1.165, 1.54) is 6.08 Å². The van der Waals surface area contributed by atoms with Gasteiger partial charge in [-0.15, -0.1) is 0 Å². The third-order valence-electron chi connectivity index (χ3n) is 2.87. The van der Waals surface area contributed by atoms with E-state index in [1.807, 2.05) is 0 Å². The first-order valence-electron chi connectivity index (χ1n) is 7.73. The number of ether oxygens (including phenoxy) is 2. The van der Waals surface area contributed by atoms with Crippen molar-refractivity contribution in [1.82, 2.24) is 6.15 Å². The number of rotatable bonds is 13. The fourth-order valence-electron chi connectivity index (χ4n) is 1.72. The summed E-state index contributed by atoms with van der Waals surface area (Å²) in [5.41, 5.74) is 0. The van der Waals surface area contributed by atoms with E-state index in [-0.39, 0.29) is 30.9 Å². The summed E-state index contributed by atoms with van der Waals surface area (Å²) in [5.74, 6) is -1.44. The zero-order valence-corrected chi connectivity index (χ0v) is 13.9. The lowest BCUT2D eigenvalue weighted by Crippen LogP contribution is -2.06. The van der Waals surface area contributed by atoms with E-state index in [1.54, 1.807) is 13.0 Å². The van der Waals surface area contributed by atoms with Crippen molar-refractivity contribution in [3.8, 4) is 0 Å². The van der Waals surface area contributed by atoms with Crippen molar-refractivity contribution in [3.63, 3.8) is 0 Å². The van der Waals surface area contributed by atoms with Gasteiger partial charge >= 0.3 is 17.9 Å². The Hall–Kier alpha value is -1.89. The van der Waals surface area contributed by atoms with E-state index in [9.17, 15) is 14.4 Å². The molecular weight excluding hydrogens is 302 g/mol. The van der Waals surface area contributed by atoms with Gasteiger partial charge < -0.3 is 20.7 Å². The first kappa shape index (κ1) is 23.4. The molecule has 7 heteroatoms. The van der Waals surface area contributed by atoms with Gasteiger partial charge in [0, 0.05) is 18.9 Å². The van der Waals surface area contributed by atoms with Crippen LogP contribution in [0.1, 0.15) is 58.3 Å². The normalized spacial score (nSPS) is 10.1. The maximum Gasteiger partial charge on any atom is 0.330 e. The van der Waals surface area contributed by atoms with Crippen LogP contribution in [0.2, 0.25) is 0 Å². The van der Waals surface area contributed by atoms with Crippen LogP contribution in [0.5, 0.6) is 0 Å². The van der Waals surface area contributed by atoms with E-state index in [2.05, 4.69) is 0 Å². The Kier molecular flexibility index (Phi) is 16.8. The number of unbranched alkanes of at least 4 members (excludes halogenated alkanes) is 4. The summed E-state index contributed by atoms with van der Waals surface area (Å²) in [4.78, 5) is 32.6. The molecule has 134 valence electrons. The number of carbonyl (C=O) groups is 3. The van der Waals surface area contributed by atoms with Crippen molar-refractivity contribution in [2.45, 2.75) is 58.3 Å². The van der Waals surface area contributed by atoms with E-state index >= 15 is 0 Å². The average Bonchev–Trinajstić information content (AvgIpc) is 2.46. The van der Waals surface area contributed by atoms with Crippen molar-refractivity contribution in [2.24, 2.45) is 0 Å². The number of hydrogen-bond acceptors (Lipinski definition) is 6. The summed E-state index contributed by atoms with van der Waals surface area (Å²) in [6.45, 7) is 2.55. The zero-order valence-electron chi connectivity index (χ0n) is 13.9. The number of aliphatic carboxylic acids is 1. The minimum atomic E-state index is -0.843. The van der Waals surface area contributed by atoms with Crippen molar-refractivity contribution < 1.29 is 29.0 Å². The predicted molar refractivity (Wildman–Crippen MR) is 86.3 cm³/mol. The average molecular weight is 331 g/mol. The van der Waals surface area contributed by atoms with Crippen molar-refractivity contribution >= 4 is 17.9 Å². The lowest BCUT2D eigenvalue weighted by Gasteiger charge is -2.05. The molecule has 0 radical (unpaired) electrons. The second-order valence-electron chi connectivity index (χ2n) is 4.90. The highest BCUT2D eigenvalue weighted by atomic mass is 16.5. The van der Waals surface area contributed by atoms with Crippen molar-refractivity contribution in [2.75, 3.05) is 13.2 Å². The molecule has 0 amide bonds. The molecule has 0 aliphatic carbocycles. The minimum Gasteiger partial charge on any atom is -0.481 e. The molecule has 0 saturated heterocycles. The number of carbonyl (C=O) groups excluding carboxylic acids is 2. The molecule has 0 bridgehead atoms. The van der Waals surface area contributed by atoms with Crippen molar-refractivity contribution in [1.29, 1.82) is 0 Å². The Morgan fingerprint density at radius 2 is 1.43 bits per heavy atom. The van der Waals surface area contributed by atoms with Crippen molar-refractivity contribution in [3.05, 3.63) is 12.2 Å². The zero-order chi connectivity index (χ0) is 16.6.